The Morgan fingerprint density at radius 1 is 1.08 bits per heavy atom. The summed E-state index contributed by atoms with van der Waals surface area (Å²) < 4.78 is 1.14. The molecule has 0 spiro atoms. The summed E-state index contributed by atoms with van der Waals surface area (Å²) in [5, 5.41) is 0. The van der Waals surface area contributed by atoms with Crippen molar-refractivity contribution in [2.24, 2.45) is 7.05 Å². The van der Waals surface area contributed by atoms with Crippen LogP contribution in [0.3, 0.4) is 0 Å². The molecule has 2 heterocycles. The van der Waals surface area contributed by atoms with Gasteiger partial charge in [0.05, 0.1) is 0 Å². The Morgan fingerprint density at radius 3 is 2.68 bits per heavy atom. The van der Waals surface area contributed by atoms with Crippen molar-refractivity contribution in [1.82, 2.24) is 14.5 Å². The van der Waals surface area contributed by atoms with Crippen molar-refractivity contribution in [1.29, 1.82) is 0 Å². The molecule has 1 saturated heterocycles. The van der Waals surface area contributed by atoms with E-state index in [9.17, 15) is 9.59 Å². The van der Waals surface area contributed by atoms with Crippen LogP contribution < -0.4 is 16.1 Å². The molecule has 1 aromatic carbocycles. The number of aromatic amines is 1. The first-order valence-electron chi connectivity index (χ1n) is 8.87. The number of benzene rings is 1. The van der Waals surface area contributed by atoms with E-state index in [2.05, 4.69) is 46.0 Å². The van der Waals surface area contributed by atoms with Gasteiger partial charge < -0.3 is 14.8 Å². The summed E-state index contributed by atoms with van der Waals surface area (Å²) in [5.41, 5.74) is 2.74. The SMILES string of the molecule is Cc1ccccc1N1CCCN(CCc2c[nH]c(=O)n(C)c2=O)CC1. The first kappa shape index (κ1) is 17.5. The molecule has 25 heavy (non-hydrogen) atoms. The molecule has 1 aromatic heterocycles. The zero-order chi connectivity index (χ0) is 17.8. The van der Waals surface area contributed by atoms with E-state index in [4.69, 9.17) is 0 Å². The summed E-state index contributed by atoms with van der Waals surface area (Å²) in [6.07, 6.45) is 3.33. The summed E-state index contributed by atoms with van der Waals surface area (Å²) in [4.78, 5) is 31.0. The van der Waals surface area contributed by atoms with E-state index in [0.29, 0.717) is 12.0 Å². The second-order valence-electron chi connectivity index (χ2n) is 6.70. The Bertz CT molecular complexity index is 840. The maximum atomic E-state index is 12.1. The molecule has 134 valence electrons. The number of rotatable bonds is 4. The number of para-hydroxylation sites is 1. The van der Waals surface area contributed by atoms with E-state index < -0.39 is 0 Å². The predicted octanol–water partition coefficient (Wildman–Crippen LogP) is 1.14. The van der Waals surface area contributed by atoms with Crippen molar-refractivity contribution in [3.05, 3.63) is 62.4 Å². The van der Waals surface area contributed by atoms with Gasteiger partial charge in [-0.05, 0) is 37.9 Å². The maximum Gasteiger partial charge on any atom is 0.328 e. The average molecular weight is 342 g/mol. The number of hydrogen-bond donors (Lipinski definition) is 1. The second-order valence-corrected chi connectivity index (χ2v) is 6.70. The summed E-state index contributed by atoms with van der Waals surface area (Å²) in [5.74, 6) is 0. The highest BCUT2D eigenvalue weighted by atomic mass is 16.2. The molecule has 0 bridgehead atoms. The predicted molar refractivity (Wildman–Crippen MR) is 100 cm³/mol. The van der Waals surface area contributed by atoms with Crippen LogP contribution >= 0.6 is 0 Å². The highest BCUT2D eigenvalue weighted by Gasteiger charge is 2.16. The van der Waals surface area contributed by atoms with Gasteiger partial charge in [-0.25, -0.2) is 4.79 Å². The number of nitrogens with zero attached hydrogens (tertiary/aromatic N) is 3. The third kappa shape index (κ3) is 4.02. The minimum Gasteiger partial charge on any atom is -0.370 e. The lowest BCUT2D eigenvalue weighted by molar-refractivity contribution is 0.296. The molecule has 0 radical (unpaired) electrons. The van der Waals surface area contributed by atoms with Crippen LogP contribution in [0, 0.1) is 6.92 Å². The molecule has 6 nitrogen and oxygen atoms in total. The van der Waals surface area contributed by atoms with E-state index in [1.165, 1.54) is 18.3 Å². The summed E-state index contributed by atoms with van der Waals surface area (Å²) >= 11 is 0. The van der Waals surface area contributed by atoms with Crippen molar-refractivity contribution < 1.29 is 0 Å². The van der Waals surface area contributed by atoms with Gasteiger partial charge in [-0.15, -0.1) is 0 Å². The van der Waals surface area contributed by atoms with Crippen molar-refractivity contribution in [3.8, 4) is 0 Å². The lowest BCUT2D eigenvalue weighted by Gasteiger charge is -2.25. The van der Waals surface area contributed by atoms with E-state index in [-0.39, 0.29) is 11.2 Å². The van der Waals surface area contributed by atoms with Crippen LogP contribution in [0.15, 0.2) is 40.1 Å². The number of hydrogen-bond acceptors (Lipinski definition) is 4. The molecule has 0 aliphatic carbocycles. The Hall–Kier alpha value is -2.34. The minimum absolute atomic E-state index is 0.194. The van der Waals surface area contributed by atoms with Crippen molar-refractivity contribution in [2.75, 3.05) is 37.6 Å². The standard InChI is InChI=1S/C19H26N4O2/c1-15-6-3-4-7-17(15)23-10-5-9-22(12-13-23)11-8-16-14-20-19(25)21(2)18(16)24/h3-4,6-7,14H,5,8-13H2,1-2H3,(H,20,25). The van der Waals surface area contributed by atoms with E-state index in [1.807, 2.05) is 0 Å². The zero-order valence-corrected chi connectivity index (χ0v) is 15.0. The topological polar surface area (TPSA) is 61.3 Å². The van der Waals surface area contributed by atoms with Gasteiger partial charge in [-0.2, -0.15) is 0 Å². The lowest BCUT2D eigenvalue weighted by Crippen LogP contribution is -2.36. The van der Waals surface area contributed by atoms with Crippen molar-refractivity contribution in [2.45, 2.75) is 19.8 Å². The molecule has 3 rings (SSSR count). The number of nitrogens with one attached hydrogen (secondary N) is 1. The highest BCUT2D eigenvalue weighted by molar-refractivity contribution is 5.53. The largest absolute Gasteiger partial charge is 0.370 e. The van der Waals surface area contributed by atoms with Gasteiger partial charge in [-0.3, -0.25) is 9.36 Å². The van der Waals surface area contributed by atoms with Gasteiger partial charge in [0.25, 0.3) is 5.56 Å². The summed E-state index contributed by atoms with van der Waals surface area (Å²) in [7, 11) is 1.51. The molecule has 0 saturated carbocycles. The minimum atomic E-state index is -0.364. The molecule has 2 aromatic rings. The van der Waals surface area contributed by atoms with Crippen LogP contribution in [0.1, 0.15) is 17.5 Å². The van der Waals surface area contributed by atoms with Gasteiger partial charge >= 0.3 is 5.69 Å². The molecular weight excluding hydrogens is 316 g/mol. The molecule has 0 unspecified atom stereocenters. The molecular formula is C19H26N4O2. The van der Waals surface area contributed by atoms with Crippen LogP contribution in [0.2, 0.25) is 0 Å². The Morgan fingerprint density at radius 2 is 1.88 bits per heavy atom. The van der Waals surface area contributed by atoms with Crippen molar-refractivity contribution in [3.63, 3.8) is 0 Å². The third-order valence-corrected chi connectivity index (χ3v) is 5.00. The van der Waals surface area contributed by atoms with Crippen LogP contribution in [0.25, 0.3) is 0 Å². The lowest BCUT2D eigenvalue weighted by atomic mass is 10.2. The van der Waals surface area contributed by atoms with Crippen molar-refractivity contribution >= 4 is 5.69 Å². The van der Waals surface area contributed by atoms with Crippen LogP contribution in [-0.2, 0) is 13.5 Å². The van der Waals surface area contributed by atoms with Crippen LogP contribution in [-0.4, -0.2) is 47.2 Å². The molecule has 6 heteroatoms. The van der Waals surface area contributed by atoms with E-state index >= 15 is 0 Å². The normalized spacial score (nSPS) is 16.0. The van der Waals surface area contributed by atoms with E-state index in [1.54, 1.807) is 6.20 Å². The smallest absolute Gasteiger partial charge is 0.328 e. The van der Waals surface area contributed by atoms with E-state index in [0.717, 1.165) is 43.7 Å². The quantitative estimate of drug-likeness (QED) is 0.905. The van der Waals surface area contributed by atoms with Gasteiger partial charge in [0, 0.05) is 50.7 Å². The number of anilines is 1. The Labute approximate surface area is 147 Å². The molecule has 0 atom stereocenters. The Balaban J connectivity index is 1.61. The summed E-state index contributed by atoms with van der Waals surface area (Å²) in [6, 6.07) is 8.52. The van der Waals surface area contributed by atoms with Gasteiger partial charge in [0.1, 0.15) is 0 Å². The molecule has 1 N–H and O–H groups in total. The number of aromatic nitrogens is 2. The second kappa shape index (κ2) is 7.70. The summed E-state index contributed by atoms with van der Waals surface area (Å²) in [6.45, 7) is 7.06. The first-order valence-corrected chi connectivity index (χ1v) is 8.87. The fourth-order valence-corrected chi connectivity index (χ4v) is 3.43. The molecule has 1 fully saturated rings. The fraction of sp³-hybridized carbons (Fsp3) is 0.474. The van der Waals surface area contributed by atoms with Crippen LogP contribution in [0.5, 0.6) is 0 Å². The van der Waals surface area contributed by atoms with Gasteiger partial charge in [-0.1, -0.05) is 18.2 Å². The number of H-pyrrole nitrogens is 1. The molecule has 1 aliphatic heterocycles. The highest BCUT2D eigenvalue weighted by Crippen LogP contribution is 2.20. The zero-order valence-electron chi connectivity index (χ0n) is 15.0. The van der Waals surface area contributed by atoms with Gasteiger partial charge in [0.15, 0.2) is 0 Å². The first-order chi connectivity index (χ1) is 12.1. The Kier molecular flexibility index (Phi) is 5.38. The molecule has 0 amide bonds. The fourth-order valence-electron chi connectivity index (χ4n) is 3.43. The number of aryl methyl sites for hydroxylation is 1. The average Bonchev–Trinajstić information content (AvgIpc) is 2.85. The molecule has 1 aliphatic rings. The third-order valence-electron chi connectivity index (χ3n) is 5.00. The maximum absolute atomic E-state index is 12.1. The van der Waals surface area contributed by atoms with Gasteiger partial charge in [0.2, 0.25) is 0 Å². The van der Waals surface area contributed by atoms with Crippen LogP contribution in [0.4, 0.5) is 5.69 Å². The monoisotopic (exact) mass is 342 g/mol.